The van der Waals surface area contributed by atoms with Gasteiger partial charge in [0.25, 0.3) is 5.91 Å². The fourth-order valence-electron chi connectivity index (χ4n) is 1.95. The molecule has 0 saturated carbocycles. The van der Waals surface area contributed by atoms with Crippen LogP contribution in [0.2, 0.25) is 10.0 Å². The molecule has 0 spiro atoms. The maximum Gasteiger partial charge on any atom is 0.253 e. The lowest BCUT2D eigenvalue weighted by molar-refractivity contribution is 0.0951. The second-order valence-electron chi connectivity index (χ2n) is 4.47. The Balaban J connectivity index is 2.09. The van der Waals surface area contributed by atoms with E-state index in [0.29, 0.717) is 28.6 Å². The highest BCUT2D eigenvalue weighted by Gasteiger charge is 2.12. The Bertz CT molecular complexity index is 689. The highest BCUT2D eigenvalue weighted by atomic mass is 35.5. The summed E-state index contributed by atoms with van der Waals surface area (Å²) in [5.74, 6) is 0.952. The first-order valence-electron chi connectivity index (χ1n) is 6.50. The van der Waals surface area contributed by atoms with E-state index in [0.717, 1.165) is 5.56 Å². The van der Waals surface area contributed by atoms with Crippen LogP contribution in [0.5, 0.6) is 11.5 Å². The molecule has 0 aromatic heterocycles. The number of halogens is 2. The van der Waals surface area contributed by atoms with Crippen LogP contribution in [0.3, 0.4) is 0 Å². The molecule has 4 nitrogen and oxygen atoms in total. The van der Waals surface area contributed by atoms with Crippen LogP contribution in [0, 0.1) is 0 Å². The van der Waals surface area contributed by atoms with Gasteiger partial charge in [-0.05, 0) is 29.8 Å². The van der Waals surface area contributed by atoms with Crippen molar-refractivity contribution in [2.75, 3.05) is 14.2 Å². The van der Waals surface area contributed by atoms with E-state index >= 15 is 0 Å². The first-order chi connectivity index (χ1) is 10.6. The molecule has 0 unspecified atom stereocenters. The molecule has 1 N–H and O–H groups in total. The molecule has 0 saturated heterocycles. The predicted octanol–water partition coefficient (Wildman–Crippen LogP) is 3.94. The van der Waals surface area contributed by atoms with Crippen molar-refractivity contribution >= 4 is 29.1 Å². The van der Waals surface area contributed by atoms with Gasteiger partial charge in [-0.1, -0.05) is 35.3 Å². The third-order valence-electron chi connectivity index (χ3n) is 3.10. The lowest BCUT2D eigenvalue weighted by Crippen LogP contribution is -2.23. The molecule has 2 aromatic rings. The van der Waals surface area contributed by atoms with Gasteiger partial charge in [0.15, 0.2) is 11.5 Å². The molecule has 0 aliphatic heterocycles. The van der Waals surface area contributed by atoms with Crippen molar-refractivity contribution in [3.63, 3.8) is 0 Å². The van der Waals surface area contributed by atoms with E-state index in [1.807, 2.05) is 6.07 Å². The van der Waals surface area contributed by atoms with Crippen molar-refractivity contribution in [2.45, 2.75) is 6.54 Å². The van der Waals surface area contributed by atoms with Gasteiger partial charge in [0.05, 0.1) is 29.8 Å². The zero-order valence-corrected chi connectivity index (χ0v) is 13.7. The van der Waals surface area contributed by atoms with Crippen molar-refractivity contribution in [1.82, 2.24) is 5.32 Å². The van der Waals surface area contributed by atoms with Gasteiger partial charge in [-0.15, -0.1) is 0 Å². The largest absolute Gasteiger partial charge is 0.493 e. The van der Waals surface area contributed by atoms with Crippen LogP contribution in [0.15, 0.2) is 36.4 Å². The molecule has 0 fully saturated rings. The Kier molecular flexibility index (Phi) is 5.52. The minimum atomic E-state index is -0.290. The normalized spacial score (nSPS) is 10.2. The Hall–Kier alpha value is -1.91. The maximum absolute atomic E-state index is 12.2. The molecule has 2 rings (SSSR count). The Morgan fingerprint density at radius 1 is 1.09 bits per heavy atom. The summed E-state index contributed by atoms with van der Waals surface area (Å²) in [4.78, 5) is 12.2. The summed E-state index contributed by atoms with van der Waals surface area (Å²) < 4.78 is 10.4. The molecular formula is C16H15Cl2NO3. The van der Waals surface area contributed by atoms with Gasteiger partial charge >= 0.3 is 0 Å². The van der Waals surface area contributed by atoms with Crippen molar-refractivity contribution in [1.29, 1.82) is 0 Å². The van der Waals surface area contributed by atoms with Crippen LogP contribution < -0.4 is 14.8 Å². The topological polar surface area (TPSA) is 47.6 Å². The van der Waals surface area contributed by atoms with Crippen molar-refractivity contribution in [3.8, 4) is 11.5 Å². The van der Waals surface area contributed by atoms with E-state index in [1.165, 1.54) is 0 Å². The zero-order valence-electron chi connectivity index (χ0n) is 12.2. The van der Waals surface area contributed by atoms with Gasteiger partial charge in [0.2, 0.25) is 0 Å². The molecule has 1 amide bonds. The lowest BCUT2D eigenvalue weighted by atomic mass is 10.1. The summed E-state index contributed by atoms with van der Waals surface area (Å²) in [6, 6.07) is 10.4. The van der Waals surface area contributed by atoms with E-state index in [1.54, 1.807) is 44.6 Å². The molecule has 22 heavy (non-hydrogen) atoms. The summed E-state index contributed by atoms with van der Waals surface area (Å²) >= 11 is 11.9. The van der Waals surface area contributed by atoms with Gasteiger partial charge in [0.1, 0.15) is 0 Å². The van der Waals surface area contributed by atoms with Gasteiger partial charge < -0.3 is 14.8 Å². The van der Waals surface area contributed by atoms with Crippen molar-refractivity contribution < 1.29 is 14.3 Å². The highest BCUT2D eigenvalue weighted by Crippen LogP contribution is 2.28. The van der Waals surface area contributed by atoms with Gasteiger partial charge in [-0.2, -0.15) is 0 Å². The molecule has 0 aliphatic carbocycles. The zero-order chi connectivity index (χ0) is 16.1. The summed E-state index contributed by atoms with van der Waals surface area (Å²) in [5, 5.41) is 3.39. The number of hydrogen-bond donors (Lipinski definition) is 1. The van der Waals surface area contributed by atoms with Crippen LogP contribution in [0.25, 0.3) is 0 Å². The highest BCUT2D eigenvalue weighted by molar-refractivity contribution is 6.43. The number of carbonyl (C=O) groups is 1. The number of benzene rings is 2. The number of ether oxygens (including phenoxy) is 2. The molecule has 116 valence electrons. The van der Waals surface area contributed by atoms with E-state index in [2.05, 4.69) is 5.32 Å². The van der Waals surface area contributed by atoms with E-state index in [-0.39, 0.29) is 10.9 Å². The fourth-order valence-corrected chi connectivity index (χ4v) is 2.33. The number of amides is 1. The molecule has 0 radical (unpaired) electrons. The van der Waals surface area contributed by atoms with Crippen LogP contribution in [0.1, 0.15) is 15.9 Å². The smallest absolute Gasteiger partial charge is 0.253 e. The molecule has 0 bridgehead atoms. The average molecular weight is 340 g/mol. The SMILES string of the molecule is COc1ccc(CNC(=O)c2cccc(Cl)c2Cl)cc1OC. The molecule has 0 aliphatic rings. The van der Waals surface area contributed by atoms with Crippen LogP contribution in [-0.4, -0.2) is 20.1 Å². The number of nitrogens with one attached hydrogen (secondary N) is 1. The van der Waals surface area contributed by atoms with Crippen LogP contribution in [0.4, 0.5) is 0 Å². The molecule has 0 heterocycles. The third kappa shape index (κ3) is 3.64. The quantitative estimate of drug-likeness (QED) is 0.897. The van der Waals surface area contributed by atoms with Gasteiger partial charge in [0, 0.05) is 6.54 Å². The number of carbonyl (C=O) groups excluding carboxylic acids is 1. The van der Waals surface area contributed by atoms with Crippen molar-refractivity contribution in [3.05, 3.63) is 57.6 Å². The minimum absolute atomic E-state index is 0.244. The molecule has 6 heteroatoms. The van der Waals surface area contributed by atoms with Gasteiger partial charge in [-0.3, -0.25) is 4.79 Å². The number of methoxy groups -OCH3 is 2. The Labute approximate surface area is 138 Å². The third-order valence-corrected chi connectivity index (χ3v) is 3.92. The maximum atomic E-state index is 12.2. The lowest BCUT2D eigenvalue weighted by Gasteiger charge is -2.11. The van der Waals surface area contributed by atoms with E-state index in [9.17, 15) is 4.79 Å². The predicted molar refractivity (Wildman–Crippen MR) is 87.2 cm³/mol. The molecular weight excluding hydrogens is 325 g/mol. The van der Waals surface area contributed by atoms with Crippen LogP contribution in [-0.2, 0) is 6.54 Å². The molecule has 0 atom stereocenters. The van der Waals surface area contributed by atoms with E-state index < -0.39 is 0 Å². The average Bonchev–Trinajstić information content (AvgIpc) is 2.54. The summed E-state index contributed by atoms with van der Waals surface area (Å²) in [5.41, 5.74) is 1.22. The number of rotatable bonds is 5. The van der Waals surface area contributed by atoms with E-state index in [4.69, 9.17) is 32.7 Å². The van der Waals surface area contributed by atoms with Crippen molar-refractivity contribution in [2.24, 2.45) is 0 Å². The number of hydrogen-bond acceptors (Lipinski definition) is 3. The Morgan fingerprint density at radius 2 is 1.82 bits per heavy atom. The molecule has 2 aromatic carbocycles. The Morgan fingerprint density at radius 3 is 2.50 bits per heavy atom. The summed E-state index contributed by atoms with van der Waals surface area (Å²) in [6.45, 7) is 0.335. The van der Waals surface area contributed by atoms with Crippen LogP contribution >= 0.6 is 23.2 Å². The monoisotopic (exact) mass is 339 g/mol. The first kappa shape index (κ1) is 16.5. The second kappa shape index (κ2) is 7.38. The second-order valence-corrected chi connectivity index (χ2v) is 5.26. The minimum Gasteiger partial charge on any atom is -0.493 e. The summed E-state index contributed by atoms with van der Waals surface area (Å²) in [7, 11) is 3.13. The standard InChI is InChI=1S/C16H15Cl2NO3/c1-21-13-7-6-10(8-14(13)22-2)9-19-16(20)11-4-3-5-12(17)15(11)18/h3-8H,9H2,1-2H3,(H,19,20). The van der Waals surface area contributed by atoms with Gasteiger partial charge in [-0.25, -0.2) is 0 Å². The summed E-state index contributed by atoms with van der Waals surface area (Å²) in [6.07, 6.45) is 0. The fraction of sp³-hybridized carbons (Fsp3) is 0.188. The first-order valence-corrected chi connectivity index (χ1v) is 7.25.